The average molecular weight is 398 g/mol. The SMILES string of the molecule is CCC(CC(C)C(=O)Nc1ccc(C(=O)c2ccccc2)cc1)C(=O)NCCF. The van der Waals surface area contributed by atoms with E-state index in [9.17, 15) is 18.8 Å². The molecule has 0 fully saturated rings. The molecule has 2 amide bonds. The summed E-state index contributed by atoms with van der Waals surface area (Å²) in [6.45, 7) is 3.01. The van der Waals surface area contributed by atoms with Gasteiger partial charge in [0.25, 0.3) is 0 Å². The predicted octanol–water partition coefficient (Wildman–Crippen LogP) is 3.99. The summed E-state index contributed by atoms with van der Waals surface area (Å²) in [5, 5.41) is 5.35. The van der Waals surface area contributed by atoms with Gasteiger partial charge in [0.15, 0.2) is 5.78 Å². The standard InChI is InChI=1S/C23H27FN2O3/c1-3-17(23(29)25-14-13-24)15-16(2)22(28)26-20-11-9-19(10-12-20)21(27)18-7-5-4-6-8-18/h4-12,16-17H,3,13-15H2,1-2H3,(H,25,29)(H,26,28). The molecular formula is C23H27FN2O3. The first-order valence-corrected chi connectivity index (χ1v) is 9.80. The maximum Gasteiger partial charge on any atom is 0.227 e. The molecule has 0 saturated heterocycles. The second-order valence-electron chi connectivity index (χ2n) is 6.98. The maximum absolute atomic E-state index is 12.5. The highest BCUT2D eigenvalue weighted by Crippen LogP contribution is 2.19. The van der Waals surface area contributed by atoms with Crippen molar-refractivity contribution in [2.75, 3.05) is 18.5 Å². The molecular weight excluding hydrogens is 371 g/mol. The van der Waals surface area contributed by atoms with E-state index in [4.69, 9.17) is 0 Å². The number of halogens is 1. The van der Waals surface area contributed by atoms with E-state index in [2.05, 4.69) is 10.6 Å². The second-order valence-corrected chi connectivity index (χ2v) is 6.98. The molecule has 2 aromatic rings. The molecule has 2 unspecified atom stereocenters. The van der Waals surface area contributed by atoms with Gasteiger partial charge in [-0.1, -0.05) is 44.2 Å². The Labute approximate surface area is 170 Å². The molecule has 0 spiro atoms. The number of anilines is 1. The molecule has 2 N–H and O–H groups in total. The Morgan fingerprint density at radius 3 is 2.14 bits per heavy atom. The first kappa shape index (κ1) is 22.3. The van der Waals surface area contributed by atoms with Gasteiger partial charge < -0.3 is 10.6 Å². The van der Waals surface area contributed by atoms with Crippen LogP contribution in [0.5, 0.6) is 0 Å². The number of hydrogen-bond donors (Lipinski definition) is 2. The van der Waals surface area contributed by atoms with Gasteiger partial charge in [0.05, 0.1) is 0 Å². The third kappa shape index (κ3) is 6.52. The molecule has 6 heteroatoms. The highest BCUT2D eigenvalue weighted by Gasteiger charge is 2.23. The monoisotopic (exact) mass is 398 g/mol. The van der Waals surface area contributed by atoms with Crippen molar-refractivity contribution < 1.29 is 18.8 Å². The molecule has 0 aliphatic rings. The Bertz CT molecular complexity index is 822. The minimum absolute atomic E-state index is 0.00996. The van der Waals surface area contributed by atoms with Crippen molar-refractivity contribution in [2.24, 2.45) is 11.8 Å². The molecule has 0 aromatic heterocycles. The van der Waals surface area contributed by atoms with Crippen molar-refractivity contribution in [1.29, 1.82) is 0 Å². The van der Waals surface area contributed by atoms with Crippen LogP contribution in [0.3, 0.4) is 0 Å². The number of nitrogens with one attached hydrogen (secondary N) is 2. The highest BCUT2D eigenvalue weighted by atomic mass is 19.1. The molecule has 5 nitrogen and oxygen atoms in total. The fraction of sp³-hybridized carbons (Fsp3) is 0.348. The van der Waals surface area contributed by atoms with E-state index >= 15 is 0 Å². The number of hydrogen-bond acceptors (Lipinski definition) is 3. The summed E-state index contributed by atoms with van der Waals surface area (Å²) >= 11 is 0. The first-order chi connectivity index (χ1) is 14.0. The lowest BCUT2D eigenvalue weighted by Gasteiger charge is -2.19. The summed E-state index contributed by atoms with van der Waals surface area (Å²) in [4.78, 5) is 36.9. The Balaban J connectivity index is 1.94. The fourth-order valence-corrected chi connectivity index (χ4v) is 3.03. The third-order valence-corrected chi connectivity index (χ3v) is 4.79. The van der Waals surface area contributed by atoms with Gasteiger partial charge in [0.2, 0.25) is 11.8 Å². The van der Waals surface area contributed by atoms with Crippen molar-refractivity contribution in [2.45, 2.75) is 26.7 Å². The lowest BCUT2D eigenvalue weighted by molar-refractivity contribution is -0.126. The maximum atomic E-state index is 12.5. The van der Waals surface area contributed by atoms with Gasteiger partial charge in [-0.2, -0.15) is 0 Å². The molecule has 2 aromatic carbocycles. The summed E-state index contributed by atoms with van der Waals surface area (Å²) in [5.41, 5.74) is 1.73. The van der Waals surface area contributed by atoms with Crippen LogP contribution >= 0.6 is 0 Å². The van der Waals surface area contributed by atoms with Crippen molar-refractivity contribution >= 4 is 23.3 Å². The lowest BCUT2D eigenvalue weighted by Crippen LogP contribution is -2.34. The number of benzene rings is 2. The number of alkyl halides is 1. The zero-order chi connectivity index (χ0) is 21.2. The summed E-state index contributed by atoms with van der Waals surface area (Å²) in [6.07, 6.45) is 0.955. The van der Waals surface area contributed by atoms with Gasteiger partial charge in [-0.3, -0.25) is 14.4 Å². The minimum Gasteiger partial charge on any atom is -0.353 e. The largest absolute Gasteiger partial charge is 0.353 e. The summed E-state index contributed by atoms with van der Waals surface area (Å²) in [6, 6.07) is 15.7. The van der Waals surface area contributed by atoms with Crippen LogP contribution in [0.1, 0.15) is 42.6 Å². The topological polar surface area (TPSA) is 75.3 Å². The van der Waals surface area contributed by atoms with Crippen molar-refractivity contribution in [3.63, 3.8) is 0 Å². The van der Waals surface area contributed by atoms with Gasteiger partial charge in [-0.15, -0.1) is 0 Å². The summed E-state index contributed by atoms with van der Waals surface area (Å²) in [7, 11) is 0. The van der Waals surface area contributed by atoms with Gasteiger partial charge >= 0.3 is 0 Å². The van der Waals surface area contributed by atoms with E-state index < -0.39 is 6.67 Å². The Morgan fingerprint density at radius 1 is 0.931 bits per heavy atom. The highest BCUT2D eigenvalue weighted by molar-refractivity contribution is 6.09. The number of ketones is 1. The van der Waals surface area contributed by atoms with Crippen molar-refractivity contribution in [3.05, 3.63) is 65.7 Å². The molecule has 0 saturated carbocycles. The lowest BCUT2D eigenvalue weighted by atomic mass is 9.92. The molecule has 2 rings (SSSR count). The minimum atomic E-state index is -0.610. The molecule has 154 valence electrons. The van der Waals surface area contributed by atoms with E-state index in [1.807, 2.05) is 25.1 Å². The normalized spacial score (nSPS) is 12.7. The fourth-order valence-electron chi connectivity index (χ4n) is 3.03. The van der Waals surface area contributed by atoms with Gasteiger partial charge in [0, 0.05) is 35.2 Å². The van der Waals surface area contributed by atoms with Gasteiger partial charge in [-0.05, 0) is 37.1 Å². The van der Waals surface area contributed by atoms with E-state index in [1.165, 1.54) is 0 Å². The van der Waals surface area contributed by atoms with E-state index in [1.54, 1.807) is 43.3 Å². The van der Waals surface area contributed by atoms with Crippen LogP contribution in [0.25, 0.3) is 0 Å². The molecule has 0 radical (unpaired) electrons. The van der Waals surface area contributed by atoms with Crippen LogP contribution in [-0.2, 0) is 9.59 Å². The number of rotatable bonds is 10. The van der Waals surface area contributed by atoms with E-state index in [0.717, 1.165) is 0 Å². The molecule has 0 aliphatic carbocycles. The van der Waals surface area contributed by atoms with Crippen LogP contribution in [0, 0.1) is 11.8 Å². The van der Waals surface area contributed by atoms with Crippen LogP contribution < -0.4 is 10.6 Å². The first-order valence-electron chi connectivity index (χ1n) is 9.80. The molecule has 0 heterocycles. The van der Waals surface area contributed by atoms with Crippen molar-refractivity contribution in [1.82, 2.24) is 5.32 Å². The summed E-state index contributed by atoms with van der Waals surface area (Å²) in [5.74, 6) is -1.24. The van der Waals surface area contributed by atoms with Crippen LogP contribution in [0.15, 0.2) is 54.6 Å². The quantitative estimate of drug-likeness (QED) is 0.594. The summed E-state index contributed by atoms with van der Waals surface area (Å²) < 4.78 is 12.2. The Hall–Kier alpha value is -3.02. The Morgan fingerprint density at radius 2 is 1.55 bits per heavy atom. The van der Waals surface area contributed by atoms with E-state index in [-0.39, 0.29) is 36.0 Å². The number of carbonyl (C=O) groups is 3. The van der Waals surface area contributed by atoms with Gasteiger partial charge in [-0.25, -0.2) is 4.39 Å². The number of amides is 2. The average Bonchev–Trinajstić information content (AvgIpc) is 2.76. The van der Waals surface area contributed by atoms with Crippen LogP contribution in [0.2, 0.25) is 0 Å². The zero-order valence-electron chi connectivity index (χ0n) is 16.8. The van der Waals surface area contributed by atoms with Gasteiger partial charge in [0.1, 0.15) is 6.67 Å². The van der Waals surface area contributed by atoms with Crippen LogP contribution in [-0.4, -0.2) is 30.8 Å². The zero-order valence-corrected chi connectivity index (χ0v) is 16.8. The third-order valence-electron chi connectivity index (χ3n) is 4.79. The number of carbonyl (C=O) groups excluding carboxylic acids is 3. The Kier molecular flexibility index (Phi) is 8.52. The molecule has 29 heavy (non-hydrogen) atoms. The molecule has 0 bridgehead atoms. The molecule has 2 atom stereocenters. The van der Waals surface area contributed by atoms with Crippen molar-refractivity contribution in [3.8, 4) is 0 Å². The molecule has 0 aliphatic heterocycles. The van der Waals surface area contributed by atoms with E-state index in [0.29, 0.717) is 29.7 Å². The smallest absolute Gasteiger partial charge is 0.227 e. The van der Waals surface area contributed by atoms with Crippen LogP contribution in [0.4, 0.5) is 10.1 Å². The predicted molar refractivity (Wildman–Crippen MR) is 111 cm³/mol. The second kappa shape index (κ2) is 11.1.